The van der Waals surface area contributed by atoms with Crippen LogP contribution in [0.3, 0.4) is 0 Å². The number of rotatable bonds is 4. The van der Waals surface area contributed by atoms with Crippen molar-refractivity contribution < 1.29 is 18.0 Å². The fraction of sp³-hybridized carbons (Fsp3) is 0.538. The van der Waals surface area contributed by atoms with E-state index in [1.165, 1.54) is 4.90 Å². The van der Waals surface area contributed by atoms with E-state index in [1.807, 2.05) is 6.07 Å². The van der Waals surface area contributed by atoms with Crippen molar-refractivity contribution in [1.29, 1.82) is 0 Å². The molecule has 0 radical (unpaired) electrons. The lowest BCUT2D eigenvalue weighted by Crippen LogP contribution is -2.43. The van der Waals surface area contributed by atoms with Crippen LogP contribution in [0.1, 0.15) is 12.1 Å². The van der Waals surface area contributed by atoms with E-state index in [0.717, 1.165) is 5.69 Å². The maximum absolute atomic E-state index is 12.3. The number of alkyl halides is 3. The molecule has 2 N–H and O–H groups in total. The van der Waals surface area contributed by atoms with E-state index in [0.29, 0.717) is 13.0 Å². The molecule has 0 bridgehead atoms. The zero-order chi connectivity index (χ0) is 15.3. The molecule has 0 saturated carbocycles. The van der Waals surface area contributed by atoms with E-state index in [9.17, 15) is 18.0 Å². The second-order valence-corrected chi connectivity index (χ2v) is 4.98. The Bertz CT molecular complexity index is 466. The van der Waals surface area contributed by atoms with Crippen LogP contribution in [0.25, 0.3) is 0 Å². The number of carbonyl (C=O) groups is 1. The molecule has 0 spiro atoms. The van der Waals surface area contributed by atoms with Crippen molar-refractivity contribution in [2.24, 2.45) is 0 Å². The van der Waals surface area contributed by atoms with Crippen LogP contribution in [-0.4, -0.2) is 47.8 Å². The van der Waals surface area contributed by atoms with Gasteiger partial charge in [0.2, 0.25) is 0 Å². The maximum atomic E-state index is 12.3. The Morgan fingerprint density at radius 2 is 2.24 bits per heavy atom. The summed E-state index contributed by atoms with van der Waals surface area (Å²) in [6.07, 6.45) is -2.05. The third kappa shape index (κ3) is 5.58. The Labute approximate surface area is 120 Å². The fourth-order valence-corrected chi connectivity index (χ4v) is 2.26. The molecule has 2 heterocycles. The lowest BCUT2D eigenvalue weighted by Gasteiger charge is -2.18. The number of amides is 2. The van der Waals surface area contributed by atoms with Crippen LogP contribution in [0.5, 0.6) is 0 Å². The maximum Gasteiger partial charge on any atom is 0.401 e. The summed E-state index contributed by atoms with van der Waals surface area (Å²) < 4.78 is 36.8. The predicted octanol–water partition coefficient (Wildman–Crippen LogP) is 1.52. The zero-order valence-electron chi connectivity index (χ0n) is 11.4. The highest BCUT2D eigenvalue weighted by Gasteiger charge is 2.34. The van der Waals surface area contributed by atoms with Crippen molar-refractivity contribution in [3.05, 3.63) is 30.1 Å². The Morgan fingerprint density at radius 3 is 2.90 bits per heavy atom. The van der Waals surface area contributed by atoms with Gasteiger partial charge in [0.15, 0.2) is 0 Å². The average Bonchev–Trinajstić information content (AvgIpc) is 2.82. The Balaban J connectivity index is 1.69. The topological polar surface area (TPSA) is 57.3 Å². The minimum Gasteiger partial charge on any atom is -0.334 e. The monoisotopic (exact) mass is 302 g/mol. The normalized spacial score (nSPS) is 19.5. The molecule has 1 aliphatic rings. The fourth-order valence-electron chi connectivity index (χ4n) is 2.26. The van der Waals surface area contributed by atoms with Gasteiger partial charge in [0.05, 0.1) is 18.8 Å². The molecule has 1 aromatic heterocycles. The number of hydrogen-bond acceptors (Lipinski definition) is 3. The molecule has 116 valence electrons. The number of pyridine rings is 1. The Kier molecular flexibility index (Phi) is 5.00. The molecule has 1 fully saturated rings. The number of aromatic nitrogens is 1. The number of urea groups is 1. The predicted molar refractivity (Wildman–Crippen MR) is 70.5 cm³/mol. The van der Waals surface area contributed by atoms with Gasteiger partial charge in [-0.2, -0.15) is 13.2 Å². The largest absolute Gasteiger partial charge is 0.401 e. The van der Waals surface area contributed by atoms with Gasteiger partial charge in [0.25, 0.3) is 0 Å². The number of likely N-dealkylation sites (tertiary alicyclic amines) is 1. The summed E-state index contributed by atoms with van der Waals surface area (Å²) in [6.45, 7) is -0.0897. The summed E-state index contributed by atoms with van der Waals surface area (Å²) in [5.41, 5.74) is 0.720. The molecule has 0 aliphatic carbocycles. The third-order valence-electron chi connectivity index (χ3n) is 3.17. The van der Waals surface area contributed by atoms with E-state index in [2.05, 4.69) is 15.6 Å². The minimum atomic E-state index is -4.20. The smallest absolute Gasteiger partial charge is 0.334 e. The SMILES string of the molecule is O=C(NCc1ccccn1)NC1CCN(CC(F)(F)F)C1. The summed E-state index contributed by atoms with van der Waals surface area (Å²) in [4.78, 5) is 17.0. The van der Waals surface area contributed by atoms with E-state index >= 15 is 0 Å². The molecule has 21 heavy (non-hydrogen) atoms. The lowest BCUT2D eigenvalue weighted by molar-refractivity contribution is -0.143. The quantitative estimate of drug-likeness (QED) is 0.886. The van der Waals surface area contributed by atoms with E-state index in [1.54, 1.807) is 18.3 Å². The minimum absolute atomic E-state index is 0.219. The highest BCUT2D eigenvalue weighted by molar-refractivity contribution is 5.74. The number of nitrogens with zero attached hydrogens (tertiary/aromatic N) is 2. The molecule has 1 atom stereocenters. The van der Waals surface area contributed by atoms with Gasteiger partial charge in [-0.15, -0.1) is 0 Å². The molecule has 8 heteroatoms. The molecule has 1 aliphatic heterocycles. The number of nitrogens with one attached hydrogen (secondary N) is 2. The molecular formula is C13H17F3N4O. The first kappa shape index (κ1) is 15.6. The lowest BCUT2D eigenvalue weighted by atomic mass is 10.3. The van der Waals surface area contributed by atoms with Crippen LogP contribution in [-0.2, 0) is 6.54 Å². The molecular weight excluding hydrogens is 285 g/mol. The van der Waals surface area contributed by atoms with Crippen LogP contribution in [0.15, 0.2) is 24.4 Å². The van der Waals surface area contributed by atoms with Gasteiger partial charge >= 0.3 is 12.2 Å². The highest BCUT2D eigenvalue weighted by atomic mass is 19.4. The molecule has 5 nitrogen and oxygen atoms in total. The summed E-state index contributed by atoms with van der Waals surface area (Å²) in [7, 11) is 0. The zero-order valence-corrected chi connectivity index (χ0v) is 11.4. The molecule has 1 saturated heterocycles. The molecule has 1 aromatic rings. The average molecular weight is 302 g/mol. The van der Waals surface area contributed by atoms with Crippen LogP contribution in [0.4, 0.5) is 18.0 Å². The number of hydrogen-bond donors (Lipinski definition) is 2. The molecule has 2 amide bonds. The van der Waals surface area contributed by atoms with Crippen molar-refractivity contribution in [1.82, 2.24) is 20.5 Å². The first-order valence-corrected chi connectivity index (χ1v) is 6.66. The van der Waals surface area contributed by atoms with Gasteiger partial charge in [-0.3, -0.25) is 9.88 Å². The second-order valence-electron chi connectivity index (χ2n) is 4.98. The second kappa shape index (κ2) is 6.75. The highest BCUT2D eigenvalue weighted by Crippen LogP contribution is 2.19. The first-order chi connectivity index (χ1) is 9.92. The summed E-state index contributed by atoms with van der Waals surface area (Å²) in [6, 6.07) is 4.72. The van der Waals surface area contributed by atoms with Gasteiger partial charge in [-0.05, 0) is 18.6 Å². The summed E-state index contributed by atoms with van der Waals surface area (Å²) in [5, 5.41) is 5.31. The van der Waals surface area contributed by atoms with Gasteiger partial charge in [-0.1, -0.05) is 6.07 Å². The van der Waals surface area contributed by atoms with Crippen LogP contribution in [0.2, 0.25) is 0 Å². The Morgan fingerprint density at radius 1 is 1.43 bits per heavy atom. The first-order valence-electron chi connectivity index (χ1n) is 6.66. The molecule has 1 unspecified atom stereocenters. The van der Waals surface area contributed by atoms with Gasteiger partial charge < -0.3 is 10.6 Å². The van der Waals surface area contributed by atoms with E-state index in [4.69, 9.17) is 0 Å². The van der Waals surface area contributed by atoms with Gasteiger partial charge in [0, 0.05) is 25.3 Å². The standard InChI is InChI=1S/C13H17F3N4O/c14-13(15,16)9-20-6-4-11(8-20)19-12(21)18-7-10-3-1-2-5-17-10/h1-3,5,11H,4,6-9H2,(H2,18,19,21). The number of carbonyl (C=O) groups excluding carboxylic acids is 1. The van der Waals surface area contributed by atoms with Crippen LogP contribution < -0.4 is 10.6 Å². The van der Waals surface area contributed by atoms with Gasteiger partial charge in [0.1, 0.15) is 0 Å². The molecule has 2 rings (SSSR count). The Hall–Kier alpha value is -1.83. The van der Waals surface area contributed by atoms with E-state index < -0.39 is 12.7 Å². The van der Waals surface area contributed by atoms with Gasteiger partial charge in [-0.25, -0.2) is 4.79 Å². The summed E-state index contributed by atoms with van der Waals surface area (Å²) >= 11 is 0. The van der Waals surface area contributed by atoms with Crippen molar-refractivity contribution in [2.45, 2.75) is 25.2 Å². The third-order valence-corrected chi connectivity index (χ3v) is 3.17. The van der Waals surface area contributed by atoms with Crippen molar-refractivity contribution in [3.8, 4) is 0 Å². The molecule has 0 aromatic carbocycles. The summed E-state index contributed by atoms with van der Waals surface area (Å²) in [5.74, 6) is 0. The van der Waals surface area contributed by atoms with Crippen molar-refractivity contribution in [2.75, 3.05) is 19.6 Å². The number of halogens is 3. The van der Waals surface area contributed by atoms with E-state index in [-0.39, 0.29) is 25.2 Å². The van der Waals surface area contributed by atoms with Crippen LogP contribution in [0, 0.1) is 0 Å². The van der Waals surface area contributed by atoms with Crippen molar-refractivity contribution >= 4 is 6.03 Å². The van der Waals surface area contributed by atoms with Crippen molar-refractivity contribution in [3.63, 3.8) is 0 Å². The van der Waals surface area contributed by atoms with Crippen LogP contribution >= 0.6 is 0 Å².